The topological polar surface area (TPSA) is 70.5 Å². The Balaban J connectivity index is 2.29. The lowest BCUT2D eigenvalue weighted by Crippen LogP contribution is -2.42. The molecule has 17 heavy (non-hydrogen) atoms. The molecule has 1 saturated heterocycles. The van der Waals surface area contributed by atoms with Gasteiger partial charge in [0.05, 0.1) is 6.10 Å². The zero-order valence-corrected chi connectivity index (χ0v) is 11.5. The maximum atomic E-state index is 12.2. The molecule has 0 radical (unpaired) electrons. The van der Waals surface area contributed by atoms with Crippen LogP contribution in [0.4, 0.5) is 0 Å². The van der Waals surface area contributed by atoms with Crippen LogP contribution in [-0.4, -0.2) is 42.0 Å². The van der Waals surface area contributed by atoms with E-state index < -0.39 is 16.1 Å². The first-order valence-electron chi connectivity index (χ1n) is 5.29. The van der Waals surface area contributed by atoms with E-state index in [0.29, 0.717) is 23.9 Å². The summed E-state index contributed by atoms with van der Waals surface area (Å²) < 4.78 is 26.4. The number of nitrogens with zero attached hydrogens (tertiary/aromatic N) is 2. The molecular weight excluding hydrogens is 308 g/mol. The van der Waals surface area contributed by atoms with Crippen LogP contribution >= 0.6 is 15.9 Å². The molecule has 1 aromatic rings. The van der Waals surface area contributed by atoms with Gasteiger partial charge in [0.25, 0.3) is 0 Å². The van der Waals surface area contributed by atoms with E-state index in [9.17, 15) is 13.5 Å². The molecule has 0 unspecified atom stereocenters. The minimum absolute atomic E-state index is 0.154. The van der Waals surface area contributed by atoms with Crippen molar-refractivity contribution in [1.29, 1.82) is 0 Å². The van der Waals surface area contributed by atoms with Gasteiger partial charge in [-0.2, -0.15) is 4.31 Å². The number of sulfonamides is 1. The molecule has 1 fully saturated rings. The fourth-order valence-corrected chi connectivity index (χ4v) is 3.84. The van der Waals surface area contributed by atoms with E-state index in [4.69, 9.17) is 0 Å². The molecule has 0 aromatic carbocycles. The highest BCUT2D eigenvalue weighted by Gasteiger charge is 2.29. The average molecular weight is 321 g/mol. The molecule has 5 nitrogen and oxygen atoms in total. The second-order valence-electron chi connectivity index (χ2n) is 4.00. The zero-order valence-electron chi connectivity index (χ0n) is 9.08. The van der Waals surface area contributed by atoms with Crippen LogP contribution in [0.5, 0.6) is 0 Å². The van der Waals surface area contributed by atoms with Gasteiger partial charge in [0.15, 0.2) is 0 Å². The highest BCUT2D eigenvalue weighted by molar-refractivity contribution is 9.10. The monoisotopic (exact) mass is 320 g/mol. The summed E-state index contributed by atoms with van der Waals surface area (Å²) in [5.41, 5.74) is 0. The van der Waals surface area contributed by atoms with E-state index in [1.54, 1.807) is 0 Å². The summed E-state index contributed by atoms with van der Waals surface area (Å²) in [6, 6.07) is 1.52. The summed E-state index contributed by atoms with van der Waals surface area (Å²) in [5, 5.41) is 9.51. The number of halogens is 1. The Morgan fingerprint density at radius 3 is 2.88 bits per heavy atom. The summed E-state index contributed by atoms with van der Waals surface area (Å²) in [6.07, 6.45) is 3.62. The lowest BCUT2D eigenvalue weighted by Gasteiger charge is -2.29. The van der Waals surface area contributed by atoms with Gasteiger partial charge in [-0.15, -0.1) is 0 Å². The van der Waals surface area contributed by atoms with Gasteiger partial charge in [-0.25, -0.2) is 8.42 Å². The largest absolute Gasteiger partial charge is 0.392 e. The van der Waals surface area contributed by atoms with Crippen molar-refractivity contribution in [3.63, 3.8) is 0 Å². The number of β-amino-alcohol motifs (C(OH)–C–C–N with tert-alkyl or cyclic N) is 1. The number of piperidine rings is 1. The predicted molar refractivity (Wildman–Crippen MR) is 65.9 cm³/mol. The molecule has 2 rings (SSSR count). The van der Waals surface area contributed by atoms with Crippen LogP contribution < -0.4 is 0 Å². The smallest absolute Gasteiger partial charge is 0.244 e. The first-order valence-corrected chi connectivity index (χ1v) is 7.52. The number of aliphatic hydroxyl groups is 1. The van der Waals surface area contributed by atoms with Gasteiger partial charge in [0.1, 0.15) is 4.90 Å². The van der Waals surface area contributed by atoms with E-state index in [1.165, 1.54) is 22.8 Å². The Morgan fingerprint density at radius 2 is 2.24 bits per heavy atom. The summed E-state index contributed by atoms with van der Waals surface area (Å²) in [6.45, 7) is 0.612. The van der Waals surface area contributed by atoms with Gasteiger partial charge >= 0.3 is 0 Å². The molecule has 0 bridgehead atoms. The Labute approximate surface area is 109 Å². The molecule has 1 N–H and O–H groups in total. The Hall–Kier alpha value is -0.500. The van der Waals surface area contributed by atoms with Gasteiger partial charge in [0, 0.05) is 30.0 Å². The maximum absolute atomic E-state index is 12.2. The van der Waals surface area contributed by atoms with Crippen LogP contribution in [0, 0.1) is 0 Å². The quantitative estimate of drug-likeness (QED) is 0.882. The first kappa shape index (κ1) is 12.9. The summed E-state index contributed by atoms with van der Waals surface area (Å²) >= 11 is 3.20. The third-order valence-corrected chi connectivity index (χ3v) is 4.94. The van der Waals surface area contributed by atoms with Crippen molar-refractivity contribution < 1.29 is 13.5 Å². The molecular formula is C10H13BrN2O3S. The number of rotatable bonds is 2. The van der Waals surface area contributed by atoms with Crippen LogP contribution in [0.2, 0.25) is 0 Å². The Kier molecular flexibility index (Phi) is 3.82. The molecule has 7 heteroatoms. The van der Waals surface area contributed by atoms with Gasteiger partial charge < -0.3 is 5.11 Å². The lowest BCUT2D eigenvalue weighted by molar-refractivity contribution is 0.108. The van der Waals surface area contributed by atoms with Crippen molar-refractivity contribution >= 4 is 26.0 Å². The van der Waals surface area contributed by atoms with E-state index in [-0.39, 0.29) is 11.4 Å². The number of pyridine rings is 1. The second-order valence-corrected chi connectivity index (χ2v) is 6.85. The van der Waals surface area contributed by atoms with Crippen molar-refractivity contribution in [3.8, 4) is 0 Å². The third kappa shape index (κ3) is 2.85. The van der Waals surface area contributed by atoms with E-state index in [2.05, 4.69) is 20.9 Å². The van der Waals surface area contributed by atoms with Gasteiger partial charge in [-0.05, 0) is 34.8 Å². The number of hydrogen-bond donors (Lipinski definition) is 1. The molecule has 0 saturated carbocycles. The molecule has 1 aliphatic rings. The molecule has 1 aliphatic heterocycles. The van der Waals surface area contributed by atoms with E-state index in [1.807, 2.05) is 0 Å². The average Bonchev–Trinajstić information content (AvgIpc) is 2.29. The molecule has 0 spiro atoms. The van der Waals surface area contributed by atoms with Crippen LogP contribution in [0.15, 0.2) is 27.8 Å². The molecule has 1 atom stereocenters. The Bertz CT molecular complexity index is 506. The summed E-state index contributed by atoms with van der Waals surface area (Å²) in [7, 11) is -3.54. The van der Waals surface area contributed by atoms with Crippen molar-refractivity contribution in [3.05, 3.63) is 22.9 Å². The molecule has 94 valence electrons. The summed E-state index contributed by atoms with van der Waals surface area (Å²) in [5.74, 6) is 0. The van der Waals surface area contributed by atoms with Crippen LogP contribution in [0.3, 0.4) is 0 Å². The normalized spacial score (nSPS) is 22.6. The fourth-order valence-electron chi connectivity index (χ4n) is 1.82. The van der Waals surface area contributed by atoms with Gasteiger partial charge in [0.2, 0.25) is 10.0 Å². The zero-order chi connectivity index (χ0) is 12.5. The van der Waals surface area contributed by atoms with Crippen LogP contribution in [0.1, 0.15) is 12.8 Å². The van der Waals surface area contributed by atoms with Crippen LogP contribution in [0.25, 0.3) is 0 Å². The number of aromatic nitrogens is 1. The van der Waals surface area contributed by atoms with Crippen molar-refractivity contribution in [1.82, 2.24) is 9.29 Å². The minimum atomic E-state index is -3.54. The standard InChI is InChI=1S/C10H13BrN2O3S/c11-8-4-10(6-12-5-8)17(15,16)13-3-1-2-9(14)7-13/h4-6,9,14H,1-3,7H2/t9-/m1/s1. The van der Waals surface area contributed by atoms with Gasteiger partial charge in [-0.1, -0.05) is 0 Å². The van der Waals surface area contributed by atoms with Crippen molar-refractivity contribution in [2.24, 2.45) is 0 Å². The number of hydrogen-bond acceptors (Lipinski definition) is 4. The Morgan fingerprint density at radius 1 is 1.47 bits per heavy atom. The highest BCUT2D eigenvalue weighted by Crippen LogP contribution is 2.22. The molecule has 2 heterocycles. The van der Waals surface area contributed by atoms with Crippen molar-refractivity contribution in [2.75, 3.05) is 13.1 Å². The van der Waals surface area contributed by atoms with E-state index in [0.717, 1.165) is 0 Å². The van der Waals surface area contributed by atoms with Gasteiger partial charge in [-0.3, -0.25) is 4.98 Å². The molecule has 1 aromatic heterocycles. The SMILES string of the molecule is O=S(=O)(c1cncc(Br)c1)N1CCC[C@@H](O)C1. The molecule has 0 amide bonds. The second kappa shape index (κ2) is 5.01. The lowest BCUT2D eigenvalue weighted by atomic mass is 10.1. The van der Waals surface area contributed by atoms with Crippen molar-refractivity contribution in [2.45, 2.75) is 23.8 Å². The van der Waals surface area contributed by atoms with E-state index >= 15 is 0 Å². The third-order valence-electron chi connectivity index (χ3n) is 2.68. The fraction of sp³-hybridized carbons (Fsp3) is 0.500. The maximum Gasteiger partial charge on any atom is 0.244 e. The first-order chi connectivity index (χ1) is 8.00. The predicted octanol–water partition coefficient (Wildman–Crippen LogP) is 0.990. The molecule has 0 aliphatic carbocycles. The minimum Gasteiger partial charge on any atom is -0.392 e. The van der Waals surface area contributed by atoms with Crippen LogP contribution in [-0.2, 0) is 10.0 Å². The highest BCUT2D eigenvalue weighted by atomic mass is 79.9. The number of aliphatic hydroxyl groups excluding tert-OH is 1. The summed E-state index contributed by atoms with van der Waals surface area (Å²) in [4.78, 5) is 4.00.